The molecule has 0 aliphatic carbocycles. The van der Waals surface area contributed by atoms with Gasteiger partial charge in [0.05, 0.1) is 5.70 Å². The van der Waals surface area contributed by atoms with Crippen LogP contribution in [-0.4, -0.2) is 39.6 Å². The lowest BCUT2D eigenvalue weighted by Crippen LogP contribution is -2.18. The summed E-state index contributed by atoms with van der Waals surface area (Å²) >= 11 is 0. The van der Waals surface area contributed by atoms with Crippen molar-refractivity contribution in [3.05, 3.63) is 78.6 Å². The number of oxazole rings is 1. The second-order valence-electron chi connectivity index (χ2n) is 10.5. The van der Waals surface area contributed by atoms with Gasteiger partial charge in [-0.3, -0.25) is 0 Å². The predicted molar refractivity (Wildman–Crippen MR) is 162 cm³/mol. The summed E-state index contributed by atoms with van der Waals surface area (Å²) in [7, 11) is 0. The van der Waals surface area contributed by atoms with Crippen LogP contribution in [0.25, 0.3) is 28.3 Å². The predicted octanol–water partition coefficient (Wildman–Crippen LogP) is 5.81. The minimum absolute atomic E-state index is 0.424. The van der Waals surface area contributed by atoms with Crippen LogP contribution in [0.15, 0.2) is 71.3 Å². The Hall–Kier alpha value is -4.40. The van der Waals surface area contributed by atoms with E-state index in [-0.39, 0.29) is 0 Å². The molecule has 2 aromatic heterocycles. The molecule has 2 heterocycles. The number of hydrogen-bond acceptors (Lipinski definition) is 9. The molecule has 0 fully saturated rings. The number of benzene rings is 2. The van der Waals surface area contributed by atoms with Gasteiger partial charge in [0.2, 0.25) is 11.9 Å². The summed E-state index contributed by atoms with van der Waals surface area (Å²) in [5.74, 6) is 3.85. The Labute approximate surface area is 236 Å². The Morgan fingerprint density at radius 3 is 1.95 bits per heavy atom. The van der Waals surface area contributed by atoms with Crippen molar-refractivity contribution in [1.29, 1.82) is 0 Å². The highest BCUT2D eigenvalue weighted by molar-refractivity contribution is 5.76. The average molecular weight is 541 g/mol. The normalized spacial score (nSPS) is 11.7. The lowest BCUT2D eigenvalue weighted by molar-refractivity contribution is 0.496. The zero-order valence-electron chi connectivity index (χ0n) is 23.8. The molecule has 4 rings (SSSR count). The monoisotopic (exact) mass is 540 g/mol. The Kier molecular flexibility index (Phi) is 10.1. The van der Waals surface area contributed by atoms with Gasteiger partial charge in [-0.1, -0.05) is 88.4 Å². The smallest absolute Gasteiger partial charge is 0.228 e. The third kappa shape index (κ3) is 8.30. The van der Waals surface area contributed by atoms with Gasteiger partial charge in [0.15, 0.2) is 17.5 Å². The number of aromatic nitrogens is 4. The number of nitrogens with zero attached hydrogens (tertiary/aromatic N) is 4. The second-order valence-corrected chi connectivity index (χ2v) is 10.5. The van der Waals surface area contributed by atoms with Crippen LogP contribution in [0.2, 0.25) is 0 Å². The molecule has 0 aliphatic rings. The molecule has 0 amide bonds. The first-order valence-electron chi connectivity index (χ1n) is 13.9. The van der Waals surface area contributed by atoms with Gasteiger partial charge in [-0.2, -0.15) is 15.0 Å². The SMILES string of the molecule is CC(C)CNc1nc(NCC(C)C)nc(/C(N)=C/NCCCc2nc(-c3ccccc3)c(-c3ccccc3)o2)n1. The Morgan fingerprint density at radius 2 is 1.38 bits per heavy atom. The summed E-state index contributed by atoms with van der Waals surface area (Å²) in [6, 6.07) is 20.2. The van der Waals surface area contributed by atoms with Crippen molar-refractivity contribution < 1.29 is 4.42 Å². The number of hydrogen-bond donors (Lipinski definition) is 4. The molecule has 0 saturated carbocycles. The molecule has 0 radical (unpaired) electrons. The van der Waals surface area contributed by atoms with E-state index in [1.54, 1.807) is 6.20 Å². The molecule has 40 heavy (non-hydrogen) atoms. The molecule has 4 aromatic rings. The lowest BCUT2D eigenvalue weighted by Gasteiger charge is -2.12. The number of rotatable bonds is 14. The van der Waals surface area contributed by atoms with Crippen molar-refractivity contribution in [3.8, 4) is 22.6 Å². The lowest BCUT2D eigenvalue weighted by atomic mass is 10.1. The third-order valence-corrected chi connectivity index (χ3v) is 5.95. The average Bonchev–Trinajstić information content (AvgIpc) is 3.40. The fourth-order valence-corrected chi connectivity index (χ4v) is 3.89. The van der Waals surface area contributed by atoms with Crippen LogP contribution in [0.1, 0.15) is 45.8 Å². The summed E-state index contributed by atoms with van der Waals surface area (Å²) in [6.45, 7) is 10.7. The molecule has 0 saturated heterocycles. The first-order valence-corrected chi connectivity index (χ1v) is 13.9. The van der Waals surface area contributed by atoms with Crippen molar-refractivity contribution in [1.82, 2.24) is 25.3 Å². The highest BCUT2D eigenvalue weighted by Crippen LogP contribution is 2.32. The van der Waals surface area contributed by atoms with Gasteiger partial charge >= 0.3 is 0 Å². The van der Waals surface area contributed by atoms with Gasteiger partial charge in [0.25, 0.3) is 0 Å². The fraction of sp³-hybridized carbons (Fsp3) is 0.355. The van der Waals surface area contributed by atoms with E-state index in [0.717, 1.165) is 42.1 Å². The van der Waals surface area contributed by atoms with Crippen LogP contribution in [-0.2, 0) is 6.42 Å². The zero-order valence-corrected chi connectivity index (χ0v) is 23.8. The highest BCUT2D eigenvalue weighted by Gasteiger charge is 2.16. The van der Waals surface area contributed by atoms with Crippen molar-refractivity contribution in [3.63, 3.8) is 0 Å². The number of anilines is 2. The maximum absolute atomic E-state index is 6.35. The summed E-state index contributed by atoms with van der Waals surface area (Å²) in [6.07, 6.45) is 3.24. The minimum Gasteiger partial charge on any atom is -0.440 e. The van der Waals surface area contributed by atoms with E-state index in [0.29, 0.717) is 54.1 Å². The van der Waals surface area contributed by atoms with E-state index in [4.69, 9.17) is 15.1 Å². The summed E-state index contributed by atoms with van der Waals surface area (Å²) in [4.78, 5) is 18.4. The molecule has 9 nitrogen and oxygen atoms in total. The molecule has 210 valence electrons. The maximum Gasteiger partial charge on any atom is 0.228 e. The zero-order chi connectivity index (χ0) is 28.3. The van der Waals surface area contributed by atoms with Crippen molar-refractivity contribution in [2.24, 2.45) is 17.6 Å². The van der Waals surface area contributed by atoms with E-state index < -0.39 is 0 Å². The van der Waals surface area contributed by atoms with E-state index >= 15 is 0 Å². The van der Waals surface area contributed by atoms with E-state index in [1.807, 2.05) is 48.5 Å². The van der Waals surface area contributed by atoms with E-state index in [1.165, 1.54) is 0 Å². The van der Waals surface area contributed by atoms with Crippen LogP contribution in [0, 0.1) is 11.8 Å². The summed E-state index contributed by atoms with van der Waals surface area (Å²) < 4.78 is 6.24. The number of aryl methyl sites for hydroxylation is 1. The quantitative estimate of drug-likeness (QED) is 0.147. The van der Waals surface area contributed by atoms with Gasteiger partial charge in [0, 0.05) is 43.4 Å². The third-order valence-electron chi connectivity index (χ3n) is 5.95. The minimum atomic E-state index is 0.424. The van der Waals surface area contributed by atoms with Crippen LogP contribution >= 0.6 is 0 Å². The van der Waals surface area contributed by atoms with Gasteiger partial charge < -0.3 is 26.1 Å². The van der Waals surface area contributed by atoms with Crippen molar-refractivity contribution in [2.45, 2.75) is 40.5 Å². The molecular weight excluding hydrogens is 500 g/mol. The molecule has 0 unspecified atom stereocenters. The van der Waals surface area contributed by atoms with Crippen LogP contribution in [0.4, 0.5) is 11.9 Å². The number of nitrogens with two attached hydrogens (primary N) is 1. The van der Waals surface area contributed by atoms with Gasteiger partial charge in [-0.15, -0.1) is 0 Å². The molecule has 0 bridgehead atoms. The van der Waals surface area contributed by atoms with Crippen molar-refractivity contribution >= 4 is 17.6 Å². The first-order chi connectivity index (χ1) is 19.4. The van der Waals surface area contributed by atoms with Crippen LogP contribution < -0.4 is 21.7 Å². The Balaban J connectivity index is 1.40. The Morgan fingerprint density at radius 1 is 0.800 bits per heavy atom. The molecule has 2 aromatic carbocycles. The molecule has 0 spiro atoms. The molecule has 0 atom stereocenters. The molecule has 0 aliphatic heterocycles. The van der Waals surface area contributed by atoms with Gasteiger partial charge in [-0.25, -0.2) is 4.98 Å². The van der Waals surface area contributed by atoms with Gasteiger partial charge in [0.1, 0.15) is 5.69 Å². The van der Waals surface area contributed by atoms with Crippen LogP contribution in [0.3, 0.4) is 0 Å². The molecular formula is C31H40N8O. The maximum atomic E-state index is 6.35. The largest absolute Gasteiger partial charge is 0.440 e. The van der Waals surface area contributed by atoms with E-state index in [9.17, 15) is 0 Å². The molecule has 5 N–H and O–H groups in total. The standard InChI is InChI=1S/C31H40N8O/c1-21(2)18-34-30-37-29(38-31(39-30)35-19-22(3)4)25(32)20-33-17-11-16-26-36-27(23-12-7-5-8-13-23)28(40-26)24-14-9-6-10-15-24/h5-10,12-15,20-22,33H,11,16-19,32H2,1-4H3,(H2,34,35,37,38,39)/b25-20-. The number of nitrogens with one attached hydrogen (secondary N) is 3. The highest BCUT2D eigenvalue weighted by atomic mass is 16.4. The topological polar surface area (TPSA) is 127 Å². The fourth-order valence-electron chi connectivity index (χ4n) is 3.89. The van der Waals surface area contributed by atoms with E-state index in [2.05, 4.69) is 70.7 Å². The first kappa shape index (κ1) is 28.6. The summed E-state index contributed by atoms with van der Waals surface area (Å²) in [5.41, 5.74) is 9.69. The summed E-state index contributed by atoms with van der Waals surface area (Å²) in [5, 5.41) is 9.82. The van der Waals surface area contributed by atoms with Crippen LogP contribution in [0.5, 0.6) is 0 Å². The second kappa shape index (κ2) is 14.1. The Bertz CT molecular complexity index is 1280. The van der Waals surface area contributed by atoms with Crippen molar-refractivity contribution in [2.75, 3.05) is 30.3 Å². The molecule has 9 heteroatoms. The van der Waals surface area contributed by atoms with Gasteiger partial charge in [-0.05, 0) is 18.3 Å².